The zero-order valence-corrected chi connectivity index (χ0v) is 13.9. The van der Waals surface area contributed by atoms with Gasteiger partial charge in [0.2, 0.25) is 0 Å². The van der Waals surface area contributed by atoms with Gasteiger partial charge in [-0.2, -0.15) is 0 Å². The molecule has 2 heterocycles. The third kappa shape index (κ3) is 3.00. The molecule has 4 rings (SSSR count). The first-order chi connectivity index (χ1) is 11.8. The predicted molar refractivity (Wildman–Crippen MR) is 96.1 cm³/mol. The van der Waals surface area contributed by atoms with Crippen LogP contribution in [0, 0.1) is 6.92 Å². The summed E-state index contributed by atoms with van der Waals surface area (Å²) >= 11 is 0. The SMILES string of the molecule is Cc1ccc2cccnc2c1-c1ccc(OC2CCCCO2)cc1. The van der Waals surface area contributed by atoms with Gasteiger partial charge >= 0.3 is 0 Å². The fourth-order valence-corrected chi connectivity index (χ4v) is 3.27. The Morgan fingerprint density at radius 1 is 1.04 bits per heavy atom. The highest BCUT2D eigenvalue weighted by Crippen LogP contribution is 2.32. The topological polar surface area (TPSA) is 31.4 Å². The van der Waals surface area contributed by atoms with Gasteiger partial charge in [0.1, 0.15) is 5.75 Å². The lowest BCUT2D eigenvalue weighted by molar-refractivity contribution is -0.105. The summed E-state index contributed by atoms with van der Waals surface area (Å²) in [6.07, 6.45) is 5.01. The number of aromatic nitrogens is 1. The molecule has 24 heavy (non-hydrogen) atoms. The van der Waals surface area contributed by atoms with E-state index >= 15 is 0 Å². The number of nitrogens with zero attached hydrogens (tertiary/aromatic N) is 1. The van der Waals surface area contributed by atoms with Gasteiger partial charge in [-0.25, -0.2) is 0 Å². The maximum atomic E-state index is 5.93. The Balaban J connectivity index is 1.64. The van der Waals surface area contributed by atoms with Crippen molar-refractivity contribution in [3.63, 3.8) is 0 Å². The predicted octanol–water partition coefficient (Wildman–Crippen LogP) is 5.12. The smallest absolute Gasteiger partial charge is 0.199 e. The van der Waals surface area contributed by atoms with Crippen LogP contribution >= 0.6 is 0 Å². The Morgan fingerprint density at radius 3 is 2.71 bits per heavy atom. The standard InChI is InChI=1S/C21H21NO2/c1-15-7-8-17-5-4-13-22-21(17)20(15)16-9-11-18(12-10-16)24-19-6-2-3-14-23-19/h4-5,7-13,19H,2-3,6,14H2,1H3. The van der Waals surface area contributed by atoms with Crippen LogP contribution in [0.4, 0.5) is 0 Å². The zero-order valence-electron chi connectivity index (χ0n) is 13.9. The summed E-state index contributed by atoms with van der Waals surface area (Å²) in [5.74, 6) is 0.858. The second-order valence-corrected chi connectivity index (χ2v) is 6.27. The third-order valence-corrected chi connectivity index (χ3v) is 4.53. The van der Waals surface area contributed by atoms with E-state index in [-0.39, 0.29) is 6.29 Å². The van der Waals surface area contributed by atoms with Crippen LogP contribution in [-0.2, 0) is 4.74 Å². The molecule has 1 fully saturated rings. The van der Waals surface area contributed by atoms with E-state index < -0.39 is 0 Å². The summed E-state index contributed by atoms with van der Waals surface area (Å²) in [4.78, 5) is 4.58. The molecule has 1 aromatic heterocycles. The van der Waals surface area contributed by atoms with Crippen LogP contribution in [0.5, 0.6) is 5.75 Å². The van der Waals surface area contributed by atoms with E-state index in [1.165, 1.54) is 17.5 Å². The van der Waals surface area contributed by atoms with Gasteiger partial charge in [0.25, 0.3) is 0 Å². The van der Waals surface area contributed by atoms with Crippen LogP contribution in [0.2, 0.25) is 0 Å². The van der Waals surface area contributed by atoms with Crippen LogP contribution in [0.1, 0.15) is 24.8 Å². The lowest BCUT2D eigenvalue weighted by Gasteiger charge is -2.23. The van der Waals surface area contributed by atoms with E-state index in [4.69, 9.17) is 9.47 Å². The Morgan fingerprint density at radius 2 is 1.92 bits per heavy atom. The Bertz CT molecular complexity index is 836. The minimum atomic E-state index is -0.106. The largest absolute Gasteiger partial charge is 0.465 e. The summed E-state index contributed by atoms with van der Waals surface area (Å²) in [7, 11) is 0. The monoisotopic (exact) mass is 319 g/mol. The number of aryl methyl sites for hydroxylation is 1. The zero-order chi connectivity index (χ0) is 16.4. The van der Waals surface area contributed by atoms with E-state index in [1.54, 1.807) is 0 Å². The summed E-state index contributed by atoms with van der Waals surface area (Å²) in [6, 6.07) is 16.6. The summed E-state index contributed by atoms with van der Waals surface area (Å²) in [5, 5.41) is 1.16. The van der Waals surface area contributed by atoms with Crippen LogP contribution in [0.15, 0.2) is 54.7 Å². The molecule has 1 atom stereocenters. The molecular formula is C21H21NO2. The maximum Gasteiger partial charge on any atom is 0.199 e. The van der Waals surface area contributed by atoms with Gasteiger partial charge in [0.05, 0.1) is 12.1 Å². The molecule has 1 aliphatic rings. The van der Waals surface area contributed by atoms with Crippen molar-refractivity contribution in [3.8, 4) is 16.9 Å². The van der Waals surface area contributed by atoms with E-state index in [0.29, 0.717) is 0 Å². The lowest BCUT2D eigenvalue weighted by Crippen LogP contribution is -2.24. The van der Waals surface area contributed by atoms with Crippen molar-refractivity contribution >= 4 is 10.9 Å². The van der Waals surface area contributed by atoms with E-state index in [1.807, 2.05) is 24.4 Å². The summed E-state index contributed by atoms with van der Waals surface area (Å²) < 4.78 is 11.6. The molecule has 0 amide bonds. The average Bonchev–Trinajstić information content (AvgIpc) is 2.63. The first-order valence-corrected chi connectivity index (χ1v) is 8.54. The van der Waals surface area contributed by atoms with Crippen LogP contribution in [-0.4, -0.2) is 17.9 Å². The molecule has 2 aromatic carbocycles. The molecular weight excluding hydrogens is 298 g/mol. The first-order valence-electron chi connectivity index (χ1n) is 8.54. The van der Waals surface area contributed by atoms with Crippen molar-refractivity contribution in [2.24, 2.45) is 0 Å². The van der Waals surface area contributed by atoms with E-state index in [9.17, 15) is 0 Å². The van der Waals surface area contributed by atoms with Gasteiger partial charge in [-0.3, -0.25) is 4.98 Å². The average molecular weight is 319 g/mol. The minimum Gasteiger partial charge on any atom is -0.465 e. The summed E-state index contributed by atoms with van der Waals surface area (Å²) in [6.45, 7) is 2.92. The normalized spacial score (nSPS) is 17.8. The van der Waals surface area contributed by atoms with Gasteiger partial charge in [-0.1, -0.05) is 30.3 Å². The molecule has 1 saturated heterocycles. The quantitative estimate of drug-likeness (QED) is 0.672. The number of benzene rings is 2. The Labute approximate surface area is 142 Å². The molecule has 0 spiro atoms. The number of ether oxygens (including phenoxy) is 2. The van der Waals surface area contributed by atoms with Crippen LogP contribution in [0.25, 0.3) is 22.0 Å². The summed E-state index contributed by atoms with van der Waals surface area (Å²) in [5.41, 5.74) is 4.62. The van der Waals surface area contributed by atoms with Gasteiger partial charge in [0.15, 0.2) is 6.29 Å². The maximum absolute atomic E-state index is 5.93. The molecule has 0 aliphatic carbocycles. The van der Waals surface area contributed by atoms with Gasteiger partial charge in [0, 0.05) is 23.6 Å². The number of hydrogen-bond acceptors (Lipinski definition) is 3. The second kappa shape index (κ2) is 6.62. The van der Waals surface area contributed by atoms with E-state index in [2.05, 4.69) is 42.2 Å². The highest BCUT2D eigenvalue weighted by molar-refractivity contribution is 5.95. The molecule has 1 aliphatic heterocycles. The molecule has 0 radical (unpaired) electrons. The van der Waals surface area contributed by atoms with Gasteiger partial charge in [-0.05, 0) is 49.1 Å². The van der Waals surface area contributed by atoms with Crippen molar-refractivity contribution in [3.05, 3.63) is 60.3 Å². The molecule has 0 saturated carbocycles. The highest BCUT2D eigenvalue weighted by Gasteiger charge is 2.15. The molecule has 0 N–H and O–H groups in total. The lowest BCUT2D eigenvalue weighted by atomic mass is 9.97. The van der Waals surface area contributed by atoms with Crippen molar-refractivity contribution in [1.82, 2.24) is 4.98 Å². The van der Waals surface area contributed by atoms with Crippen molar-refractivity contribution in [1.29, 1.82) is 0 Å². The van der Waals surface area contributed by atoms with Crippen LogP contribution in [0.3, 0.4) is 0 Å². The Hall–Kier alpha value is -2.39. The number of fused-ring (bicyclic) bond motifs is 1. The van der Waals surface area contributed by atoms with Gasteiger partial charge < -0.3 is 9.47 Å². The minimum absolute atomic E-state index is 0.106. The molecule has 3 heteroatoms. The molecule has 3 aromatic rings. The van der Waals surface area contributed by atoms with Gasteiger partial charge in [-0.15, -0.1) is 0 Å². The molecule has 3 nitrogen and oxygen atoms in total. The number of pyridine rings is 1. The fourth-order valence-electron chi connectivity index (χ4n) is 3.27. The van der Waals surface area contributed by atoms with E-state index in [0.717, 1.165) is 41.7 Å². The van der Waals surface area contributed by atoms with Crippen molar-refractivity contribution in [2.75, 3.05) is 6.61 Å². The molecule has 1 unspecified atom stereocenters. The molecule has 122 valence electrons. The number of hydrogen-bond donors (Lipinski definition) is 0. The first kappa shape index (κ1) is 15.2. The van der Waals surface area contributed by atoms with Crippen molar-refractivity contribution < 1.29 is 9.47 Å². The van der Waals surface area contributed by atoms with Crippen molar-refractivity contribution in [2.45, 2.75) is 32.5 Å². The number of rotatable bonds is 3. The highest BCUT2D eigenvalue weighted by atomic mass is 16.7. The Kier molecular flexibility index (Phi) is 4.18. The second-order valence-electron chi connectivity index (χ2n) is 6.27. The van der Waals surface area contributed by atoms with Crippen LogP contribution < -0.4 is 4.74 Å². The molecule has 0 bridgehead atoms. The fraction of sp³-hybridized carbons (Fsp3) is 0.286. The third-order valence-electron chi connectivity index (χ3n) is 4.53.